The van der Waals surface area contributed by atoms with E-state index < -0.39 is 0 Å². The number of morpholine rings is 1. The van der Waals surface area contributed by atoms with Crippen LogP contribution in [0.25, 0.3) is 0 Å². The van der Waals surface area contributed by atoms with Crippen LogP contribution in [-0.2, 0) is 4.74 Å². The lowest BCUT2D eigenvalue weighted by molar-refractivity contribution is -0.0772. The van der Waals surface area contributed by atoms with E-state index in [2.05, 4.69) is 19.2 Å². The van der Waals surface area contributed by atoms with Crippen molar-refractivity contribution in [2.45, 2.75) is 57.8 Å². The zero-order valence-corrected chi connectivity index (χ0v) is 8.75. The fraction of sp³-hybridized carbons (Fsp3) is 1.00. The lowest BCUT2D eigenvalue weighted by Gasteiger charge is -2.42. The minimum Gasteiger partial charge on any atom is -0.372 e. The van der Waals surface area contributed by atoms with Crippen LogP contribution in [-0.4, -0.2) is 24.8 Å². The van der Waals surface area contributed by atoms with Crippen molar-refractivity contribution in [1.82, 2.24) is 5.32 Å². The van der Waals surface area contributed by atoms with Gasteiger partial charge in [0.1, 0.15) is 0 Å². The average molecular weight is 183 g/mol. The molecule has 4 atom stereocenters. The number of rotatable bonds is 1. The predicted octanol–water partition coefficient (Wildman–Crippen LogP) is 1.94. The lowest BCUT2D eigenvalue weighted by Crippen LogP contribution is -2.54. The maximum atomic E-state index is 5.92. The van der Waals surface area contributed by atoms with Crippen molar-refractivity contribution >= 4 is 0 Å². The van der Waals surface area contributed by atoms with Gasteiger partial charge < -0.3 is 10.1 Å². The monoisotopic (exact) mass is 183 g/mol. The van der Waals surface area contributed by atoms with Gasteiger partial charge in [0, 0.05) is 12.6 Å². The summed E-state index contributed by atoms with van der Waals surface area (Å²) in [5.74, 6) is 0.936. The van der Waals surface area contributed by atoms with Crippen LogP contribution in [0.4, 0.5) is 0 Å². The molecule has 0 bridgehead atoms. The number of hydrogen-bond acceptors (Lipinski definition) is 2. The van der Waals surface area contributed by atoms with Crippen LogP contribution in [0, 0.1) is 5.92 Å². The van der Waals surface area contributed by atoms with Crippen molar-refractivity contribution in [3.63, 3.8) is 0 Å². The number of fused-ring (bicyclic) bond motifs is 1. The van der Waals surface area contributed by atoms with Gasteiger partial charge in [-0.2, -0.15) is 0 Å². The average Bonchev–Trinajstić information content (AvgIpc) is 2.17. The SMILES string of the molecule is CCC1CCC2OC(C)CNC2C1. The first-order valence-electron chi connectivity index (χ1n) is 5.68. The van der Waals surface area contributed by atoms with Crippen LogP contribution in [0.2, 0.25) is 0 Å². The van der Waals surface area contributed by atoms with Crippen molar-refractivity contribution in [3.8, 4) is 0 Å². The molecule has 0 aromatic rings. The first kappa shape index (κ1) is 9.47. The van der Waals surface area contributed by atoms with Crippen molar-refractivity contribution in [2.75, 3.05) is 6.54 Å². The Hall–Kier alpha value is -0.0800. The number of hydrogen-bond donors (Lipinski definition) is 1. The summed E-state index contributed by atoms with van der Waals surface area (Å²) in [6.45, 7) is 5.50. The highest BCUT2D eigenvalue weighted by atomic mass is 16.5. The molecular formula is C11H21NO. The third kappa shape index (κ3) is 2.05. The van der Waals surface area contributed by atoms with Gasteiger partial charge in [-0.25, -0.2) is 0 Å². The molecule has 0 aromatic carbocycles. The predicted molar refractivity (Wildman–Crippen MR) is 53.8 cm³/mol. The highest BCUT2D eigenvalue weighted by Crippen LogP contribution is 2.30. The maximum absolute atomic E-state index is 5.92. The van der Waals surface area contributed by atoms with Gasteiger partial charge in [-0.05, 0) is 32.1 Å². The first-order valence-corrected chi connectivity index (χ1v) is 5.68. The fourth-order valence-electron chi connectivity index (χ4n) is 2.64. The van der Waals surface area contributed by atoms with Crippen molar-refractivity contribution in [1.29, 1.82) is 0 Å². The molecule has 2 rings (SSSR count). The molecule has 1 N–H and O–H groups in total. The lowest BCUT2D eigenvalue weighted by atomic mass is 9.81. The van der Waals surface area contributed by atoms with Gasteiger partial charge in [0.2, 0.25) is 0 Å². The van der Waals surface area contributed by atoms with Crippen LogP contribution in [0.1, 0.15) is 39.5 Å². The molecule has 1 aliphatic heterocycles. The third-order valence-electron chi connectivity index (χ3n) is 3.55. The minimum atomic E-state index is 0.416. The zero-order chi connectivity index (χ0) is 9.26. The van der Waals surface area contributed by atoms with E-state index in [4.69, 9.17) is 4.74 Å². The zero-order valence-electron chi connectivity index (χ0n) is 8.75. The highest BCUT2D eigenvalue weighted by molar-refractivity contribution is 4.89. The molecular weight excluding hydrogens is 162 g/mol. The quantitative estimate of drug-likeness (QED) is 0.671. The van der Waals surface area contributed by atoms with Crippen LogP contribution < -0.4 is 5.32 Å². The molecule has 0 amide bonds. The summed E-state index contributed by atoms with van der Waals surface area (Å²) in [6.07, 6.45) is 6.21. The van der Waals surface area contributed by atoms with Gasteiger partial charge in [-0.3, -0.25) is 0 Å². The fourth-order valence-corrected chi connectivity index (χ4v) is 2.64. The van der Waals surface area contributed by atoms with E-state index in [-0.39, 0.29) is 0 Å². The summed E-state index contributed by atoms with van der Waals surface area (Å²) in [7, 11) is 0. The second kappa shape index (κ2) is 3.97. The topological polar surface area (TPSA) is 21.3 Å². The first-order chi connectivity index (χ1) is 6.29. The van der Waals surface area contributed by atoms with Crippen LogP contribution in [0.5, 0.6) is 0 Å². The summed E-state index contributed by atoms with van der Waals surface area (Å²) < 4.78 is 5.92. The smallest absolute Gasteiger partial charge is 0.0732 e. The molecule has 2 fully saturated rings. The van der Waals surface area contributed by atoms with Gasteiger partial charge in [0.15, 0.2) is 0 Å². The van der Waals surface area contributed by atoms with Crippen LogP contribution >= 0.6 is 0 Å². The molecule has 1 heterocycles. The van der Waals surface area contributed by atoms with Gasteiger partial charge in [-0.15, -0.1) is 0 Å². The second-order valence-corrected chi connectivity index (χ2v) is 4.59. The molecule has 4 unspecified atom stereocenters. The molecule has 2 heteroatoms. The van der Waals surface area contributed by atoms with E-state index in [0.717, 1.165) is 12.5 Å². The van der Waals surface area contributed by atoms with Crippen LogP contribution in [0.3, 0.4) is 0 Å². The van der Waals surface area contributed by atoms with Crippen molar-refractivity contribution in [2.24, 2.45) is 5.92 Å². The molecule has 13 heavy (non-hydrogen) atoms. The Morgan fingerprint density at radius 3 is 3.00 bits per heavy atom. The standard InChI is InChI=1S/C11H21NO/c1-3-9-4-5-11-10(6-9)12-7-8(2)13-11/h8-12H,3-7H2,1-2H3. The summed E-state index contributed by atoms with van der Waals surface area (Å²) in [6, 6.07) is 0.648. The van der Waals surface area contributed by atoms with Gasteiger partial charge >= 0.3 is 0 Å². The molecule has 2 nitrogen and oxygen atoms in total. The molecule has 76 valence electrons. The molecule has 1 saturated heterocycles. The Labute approximate surface area is 81.0 Å². The molecule has 1 saturated carbocycles. The highest BCUT2D eigenvalue weighted by Gasteiger charge is 2.34. The molecule has 0 spiro atoms. The Morgan fingerprint density at radius 2 is 2.23 bits per heavy atom. The summed E-state index contributed by atoms with van der Waals surface area (Å²) in [5.41, 5.74) is 0. The van der Waals surface area contributed by atoms with E-state index in [0.29, 0.717) is 18.2 Å². The molecule has 2 aliphatic rings. The maximum Gasteiger partial charge on any atom is 0.0732 e. The van der Waals surface area contributed by atoms with E-state index in [1.54, 1.807) is 0 Å². The molecule has 1 aliphatic carbocycles. The Kier molecular flexibility index (Phi) is 2.89. The summed E-state index contributed by atoms with van der Waals surface area (Å²) in [4.78, 5) is 0. The third-order valence-corrected chi connectivity index (χ3v) is 3.55. The molecule has 0 aromatic heterocycles. The normalized spacial score (nSPS) is 45.7. The van der Waals surface area contributed by atoms with Crippen molar-refractivity contribution < 1.29 is 4.74 Å². The van der Waals surface area contributed by atoms with Gasteiger partial charge in [0.25, 0.3) is 0 Å². The minimum absolute atomic E-state index is 0.416. The largest absolute Gasteiger partial charge is 0.372 e. The number of ether oxygens (including phenoxy) is 1. The molecule has 0 radical (unpaired) electrons. The second-order valence-electron chi connectivity index (χ2n) is 4.59. The van der Waals surface area contributed by atoms with Gasteiger partial charge in [-0.1, -0.05) is 13.3 Å². The summed E-state index contributed by atoms with van der Waals surface area (Å²) >= 11 is 0. The van der Waals surface area contributed by atoms with E-state index >= 15 is 0 Å². The van der Waals surface area contributed by atoms with E-state index in [1.807, 2.05) is 0 Å². The Balaban J connectivity index is 1.90. The van der Waals surface area contributed by atoms with Crippen LogP contribution in [0.15, 0.2) is 0 Å². The van der Waals surface area contributed by atoms with Gasteiger partial charge in [0.05, 0.1) is 12.2 Å². The summed E-state index contributed by atoms with van der Waals surface area (Å²) in [5, 5.41) is 3.61. The number of nitrogens with one attached hydrogen (secondary N) is 1. The van der Waals surface area contributed by atoms with E-state index in [9.17, 15) is 0 Å². The Bertz CT molecular complexity index is 171. The Morgan fingerprint density at radius 1 is 1.38 bits per heavy atom. The van der Waals surface area contributed by atoms with E-state index in [1.165, 1.54) is 25.7 Å². The van der Waals surface area contributed by atoms with Crippen molar-refractivity contribution in [3.05, 3.63) is 0 Å².